The van der Waals surface area contributed by atoms with E-state index in [1.807, 2.05) is 0 Å². The number of aromatic nitrogens is 2. The summed E-state index contributed by atoms with van der Waals surface area (Å²) in [7, 11) is 0. The normalized spacial score (nSPS) is 13.3. The third-order valence-corrected chi connectivity index (χ3v) is 6.64. The molecule has 0 saturated carbocycles. The molecule has 0 spiro atoms. The molecule has 3 aromatic rings. The molecule has 0 bridgehead atoms. The number of halogens is 1. The monoisotopic (exact) mass is 473 g/mol. The lowest BCUT2D eigenvalue weighted by Crippen LogP contribution is -2.18. The number of para-hydroxylation sites is 1. The molecule has 0 unspecified atom stereocenters. The number of nitrogens with one attached hydrogen (secondary N) is 1. The highest BCUT2D eigenvalue weighted by Gasteiger charge is 2.26. The molecule has 0 fully saturated rings. The molecule has 32 heavy (non-hydrogen) atoms. The summed E-state index contributed by atoms with van der Waals surface area (Å²) >= 11 is 6.50. The highest BCUT2D eigenvalue weighted by atomic mass is 32.1. The van der Waals surface area contributed by atoms with Crippen LogP contribution in [0.4, 0.5) is 9.39 Å². The summed E-state index contributed by atoms with van der Waals surface area (Å²) in [5.41, 5.74) is 0.443. The number of aromatic amines is 1. The van der Waals surface area contributed by atoms with Crippen LogP contribution < -0.4 is 5.56 Å². The van der Waals surface area contributed by atoms with Gasteiger partial charge >= 0.3 is 5.97 Å². The lowest BCUT2D eigenvalue weighted by Gasteiger charge is -2.12. The maximum Gasteiger partial charge on any atom is 0.341 e. The van der Waals surface area contributed by atoms with Gasteiger partial charge < -0.3 is 9.84 Å². The number of ether oxygens (including phenoxy) is 1. The van der Waals surface area contributed by atoms with Crippen molar-refractivity contribution in [1.82, 2.24) is 9.55 Å². The Bertz CT molecular complexity index is 1340. The second-order valence-electron chi connectivity index (χ2n) is 7.15. The summed E-state index contributed by atoms with van der Waals surface area (Å²) in [6, 6.07) is 5.73. The van der Waals surface area contributed by atoms with Gasteiger partial charge in [-0.15, -0.1) is 11.3 Å². The largest absolute Gasteiger partial charge is 0.494 e. The van der Waals surface area contributed by atoms with Crippen molar-refractivity contribution < 1.29 is 19.0 Å². The Labute approximate surface area is 191 Å². The topological polar surface area (TPSA) is 96.7 Å². The number of esters is 1. The predicted molar refractivity (Wildman–Crippen MR) is 123 cm³/mol. The molecule has 1 aliphatic rings. The van der Waals surface area contributed by atoms with Crippen LogP contribution in [0.1, 0.15) is 46.1 Å². The van der Waals surface area contributed by atoms with Gasteiger partial charge in [0.2, 0.25) is 5.88 Å². The minimum atomic E-state index is -0.678. The number of aryl methyl sites for hydroxylation is 1. The fourth-order valence-corrected chi connectivity index (χ4v) is 5.19. The summed E-state index contributed by atoms with van der Waals surface area (Å²) in [5.74, 6) is -1.63. The Hall–Kier alpha value is -3.11. The lowest BCUT2D eigenvalue weighted by molar-refractivity contribution is 0.0526. The minimum absolute atomic E-state index is 0.0142. The third-order valence-electron chi connectivity index (χ3n) is 5.16. The van der Waals surface area contributed by atoms with Crippen molar-refractivity contribution in [1.29, 1.82) is 0 Å². The molecule has 2 aromatic heterocycles. The standard InChI is InChI=1S/C22H20FN3O4S2/c1-2-30-21(29)17-12-7-3-6-10-16(12)32-19(17)24-11-13-18(27)25-22(31)26(20(13)28)15-9-5-4-8-14(15)23/h4-5,8-9,11,28H,2-3,6-7,10H2,1H3,(H,25,27,31). The first kappa shape index (κ1) is 22.1. The maximum absolute atomic E-state index is 14.3. The molecule has 0 saturated heterocycles. The number of nitrogens with zero attached hydrogens (tertiary/aromatic N) is 2. The molecular formula is C22H20FN3O4S2. The Morgan fingerprint density at radius 3 is 2.88 bits per heavy atom. The van der Waals surface area contributed by atoms with E-state index < -0.39 is 23.2 Å². The van der Waals surface area contributed by atoms with Gasteiger partial charge in [0.05, 0.1) is 17.9 Å². The van der Waals surface area contributed by atoms with Crippen LogP contribution in [-0.4, -0.2) is 33.4 Å². The molecule has 0 radical (unpaired) electrons. The van der Waals surface area contributed by atoms with E-state index in [2.05, 4.69) is 9.98 Å². The first-order valence-electron chi connectivity index (χ1n) is 10.1. The highest BCUT2D eigenvalue weighted by Crippen LogP contribution is 2.40. The number of rotatable bonds is 5. The zero-order valence-electron chi connectivity index (χ0n) is 17.2. The first-order valence-corrected chi connectivity index (χ1v) is 11.3. The van der Waals surface area contributed by atoms with E-state index in [1.165, 1.54) is 35.8 Å². The van der Waals surface area contributed by atoms with E-state index in [-0.39, 0.29) is 22.6 Å². The van der Waals surface area contributed by atoms with Crippen LogP contribution in [0.5, 0.6) is 5.88 Å². The molecule has 10 heteroatoms. The first-order chi connectivity index (χ1) is 15.4. The SMILES string of the molecule is CCOC(=O)c1c(N=Cc2c(O)n(-c3ccccc3F)c(=S)[nH]c2=O)sc2c1CCCC2. The second kappa shape index (κ2) is 9.17. The summed E-state index contributed by atoms with van der Waals surface area (Å²) in [6.07, 6.45) is 4.79. The Kier molecular flexibility index (Phi) is 6.33. The number of aromatic hydroxyl groups is 1. The lowest BCUT2D eigenvalue weighted by atomic mass is 9.95. The quantitative estimate of drug-likeness (QED) is 0.321. The molecule has 166 valence electrons. The maximum atomic E-state index is 14.3. The van der Waals surface area contributed by atoms with Crippen molar-refractivity contribution in [3.05, 3.63) is 66.8 Å². The molecule has 1 aliphatic carbocycles. The number of hydrogen-bond acceptors (Lipinski definition) is 7. The summed E-state index contributed by atoms with van der Waals surface area (Å²) in [5, 5.41) is 11.2. The van der Waals surface area contributed by atoms with Crippen LogP contribution in [0.15, 0.2) is 34.1 Å². The van der Waals surface area contributed by atoms with E-state index in [0.29, 0.717) is 10.6 Å². The molecule has 0 aliphatic heterocycles. The number of aliphatic imine (C=N–C) groups is 1. The number of carbonyl (C=O) groups excluding carboxylic acids is 1. The van der Waals surface area contributed by atoms with Crippen molar-refractivity contribution >= 4 is 40.7 Å². The number of hydrogen-bond donors (Lipinski definition) is 2. The molecule has 1 aromatic carbocycles. The summed E-state index contributed by atoms with van der Waals surface area (Å²) < 4.78 is 20.4. The minimum Gasteiger partial charge on any atom is -0.494 e. The Morgan fingerprint density at radius 2 is 2.12 bits per heavy atom. The number of thiophene rings is 1. The molecule has 2 N–H and O–H groups in total. The van der Waals surface area contributed by atoms with Crippen LogP contribution in [-0.2, 0) is 17.6 Å². The van der Waals surface area contributed by atoms with E-state index >= 15 is 0 Å². The molecule has 0 atom stereocenters. The molecular weight excluding hydrogens is 453 g/mol. The molecule has 7 nitrogen and oxygen atoms in total. The third kappa shape index (κ3) is 4.03. The number of benzene rings is 1. The zero-order chi connectivity index (χ0) is 22.8. The van der Waals surface area contributed by atoms with Gasteiger partial charge in [0.1, 0.15) is 16.4 Å². The van der Waals surface area contributed by atoms with Gasteiger partial charge in [-0.25, -0.2) is 14.2 Å². The number of carbonyl (C=O) groups is 1. The summed E-state index contributed by atoms with van der Waals surface area (Å²) in [6.45, 7) is 1.96. The van der Waals surface area contributed by atoms with Gasteiger partial charge in [0.15, 0.2) is 4.77 Å². The Balaban J connectivity index is 1.83. The van der Waals surface area contributed by atoms with Gasteiger partial charge in [-0.05, 0) is 62.5 Å². The number of H-pyrrole nitrogens is 1. The fourth-order valence-electron chi connectivity index (χ4n) is 3.69. The van der Waals surface area contributed by atoms with Crippen molar-refractivity contribution in [2.75, 3.05) is 6.61 Å². The molecule has 0 amide bonds. The van der Waals surface area contributed by atoms with E-state index in [4.69, 9.17) is 17.0 Å². The van der Waals surface area contributed by atoms with Gasteiger partial charge in [-0.1, -0.05) is 12.1 Å². The van der Waals surface area contributed by atoms with Gasteiger partial charge in [0, 0.05) is 11.1 Å². The van der Waals surface area contributed by atoms with Crippen LogP contribution in [0.25, 0.3) is 5.69 Å². The van der Waals surface area contributed by atoms with E-state index in [1.54, 1.807) is 13.0 Å². The molecule has 2 heterocycles. The van der Waals surface area contributed by atoms with Gasteiger partial charge in [-0.3, -0.25) is 14.3 Å². The van der Waals surface area contributed by atoms with Gasteiger partial charge in [0.25, 0.3) is 5.56 Å². The smallest absolute Gasteiger partial charge is 0.341 e. The fraction of sp³-hybridized carbons (Fsp3) is 0.273. The second-order valence-corrected chi connectivity index (χ2v) is 8.62. The Morgan fingerprint density at radius 1 is 1.38 bits per heavy atom. The van der Waals surface area contributed by atoms with Crippen LogP contribution in [0, 0.1) is 10.6 Å². The van der Waals surface area contributed by atoms with Crippen molar-refractivity contribution in [3.8, 4) is 11.6 Å². The van der Waals surface area contributed by atoms with Crippen LogP contribution >= 0.6 is 23.6 Å². The predicted octanol–water partition coefficient (Wildman–Crippen LogP) is 4.61. The highest BCUT2D eigenvalue weighted by molar-refractivity contribution is 7.71. The number of fused-ring (bicyclic) bond motifs is 1. The zero-order valence-corrected chi connectivity index (χ0v) is 18.8. The van der Waals surface area contributed by atoms with E-state index in [9.17, 15) is 19.1 Å². The summed E-state index contributed by atoms with van der Waals surface area (Å²) in [4.78, 5) is 33.0. The van der Waals surface area contributed by atoms with E-state index in [0.717, 1.165) is 40.7 Å². The van der Waals surface area contributed by atoms with Crippen molar-refractivity contribution in [3.63, 3.8) is 0 Å². The van der Waals surface area contributed by atoms with Gasteiger partial charge in [-0.2, -0.15) is 0 Å². The van der Waals surface area contributed by atoms with Crippen molar-refractivity contribution in [2.24, 2.45) is 4.99 Å². The average molecular weight is 474 g/mol. The van der Waals surface area contributed by atoms with Crippen LogP contribution in [0.2, 0.25) is 0 Å². The molecule has 4 rings (SSSR count). The van der Waals surface area contributed by atoms with Crippen LogP contribution in [0.3, 0.4) is 0 Å². The van der Waals surface area contributed by atoms with Crippen molar-refractivity contribution in [2.45, 2.75) is 32.6 Å². The average Bonchev–Trinajstić information content (AvgIpc) is 3.13.